The minimum Gasteiger partial charge on any atom is -0.463 e. The third kappa shape index (κ3) is 4.32. The van der Waals surface area contributed by atoms with Gasteiger partial charge < -0.3 is 9.30 Å². The maximum atomic E-state index is 11.3. The van der Waals surface area contributed by atoms with Gasteiger partial charge in [-0.05, 0) is 30.5 Å². The van der Waals surface area contributed by atoms with E-state index in [1.807, 2.05) is 24.7 Å². The number of hydrogen-bond acceptors (Lipinski definition) is 3. The van der Waals surface area contributed by atoms with Crippen LogP contribution in [0.2, 0.25) is 0 Å². The molecule has 4 nitrogen and oxygen atoms in total. The molecule has 1 heterocycles. The van der Waals surface area contributed by atoms with E-state index in [1.54, 1.807) is 19.2 Å². The normalized spacial score (nSPS) is 12.5. The number of rotatable bonds is 7. The first-order valence-corrected chi connectivity index (χ1v) is 7.66. The summed E-state index contributed by atoms with van der Waals surface area (Å²) in [5.41, 5.74) is 2.23. The van der Waals surface area contributed by atoms with Crippen LogP contribution in [0, 0.1) is 0 Å². The minimum absolute atomic E-state index is 0.301. The van der Waals surface area contributed by atoms with Crippen LogP contribution in [-0.4, -0.2) is 22.1 Å². The van der Waals surface area contributed by atoms with Gasteiger partial charge in [0.15, 0.2) is 0 Å². The first kappa shape index (κ1) is 16.0. The van der Waals surface area contributed by atoms with Crippen molar-refractivity contribution in [2.75, 3.05) is 6.61 Å². The molecule has 0 bridgehead atoms. The van der Waals surface area contributed by atoms with Crippen molar-refractivity contribution in [2.24, 2.45) is 0 Å². The van der Waals surface area contributed by atoms with Crippen LogP contribution in [-0.2, 0) is 9.53 Å². The first-order chi connectivity index (χ1) is 10.7. The first-order valence-electron chi connectivity index (χ1n) is 7.66. The van der Waals surface area contributed by atoms with E-state index in [0.29, 0.717) is 12.6 Å². The highest BCUT2D eigenvalue weighted by molar-refractivity contribution is 5.87. The molecular weight excluding hydrogens is 276 g/mol. The maximum Gasteiger partial charge on any atom is 0.330 e. The van der Waals surface area contributed by atoms with Gasteiger partial charge in [-0.1, -0.05) is 37.6 Å². The summed E-state index contributed by atoms with van der Waals surface area (Å²) in [5.74, 6) is -0.311. The molecule has 0 spiro atoms. The van der Waals surface area contributed by atoms with Crippen molar-refractivity contribution in [3.8, 4) is 0 Å². The van der Waals surface area contributed by atoms with Crippen LogP contribution in [0.1, 0.15) is 43.9 Å². The molecule has 1 unspecified atom stereocenters. The van der Waals surface area contributed by atoms with Crippen molar-refractivity contribution in [2.45, 2.75) is 32.7 Å². The third-order valence-corrected chi connectivity index (χ3v) is 3.47. The van der Waals surface area contributed by atoms with Gasteiger partial charge in [0.25, 0.3) is 0 Å². The monoisotopic (exact) mass is 298 g/mol. The highest BCUT2D eigenvalue weighted by Crippen LogP contribution is 2.23. The lowest BCUT2D eigenvalue weighted by Crippen LogP contribution is -2.08. The Morgan fingerprint density at radius 2 is 2.09 bits per heavy atom. The summed E-state index contributed by atoms with van der Waals surface area (Å²) in [5, 5.41) is 0. The second-order valence-corrected chi connectivity index (χ2v) is 5.07. The van der Waals surface area contributed by atoms with E-state index >= 15 is 0 Å². The van der Waals surface area contributed by atoms with Crippen molar-refractivity contribution in [1.82, 2.24) is 9.55 Å². The number of carbonyl (C=O) groups is 1. The Morgan fingerprint density at radius 1 is 1.32 bits per heavy atom. The fourth-order valence-corrected chi connectivity index (χ4v) is 2.40. The van der Waals surface area contributed by atoms with Gasteiger partial charge >= 0.3 is 5.97 Å². The summed E-state index contributed by atoms with van der Waals surface area (Å²) in [6, 6.07) is 8.54. The molecule has 0 radical (unpaired) electrons. The number of esters is 1. The molecule has 4 heteroatoms. The van der Waals surface area contributed by atoms with Gasteiger partial charge in [-0.25, -0.2) is 9.78 Å². The van der Waals surface area contributed by atoms with Crippen LogP contribution >= 0.6 is 0 Å². The second kappa shape index (κ2) is 8.17. The lowest BCUT2D eigenvalue weighted by atomic mass is 10.0. The molecule has 2 rings (SSSR count). The van der Waals surface area contributed by atoms with Crippen LogP contribution in [0.5, 0.6) is 0 Å². The van der Waals surface area contributed by atoms with E-state index in [4.69, 9.17) is 4.74 Å². The lowest BCUT2D eigenvalue weighted by Gasteiger charge is -2.18. The summed E-state index contributed by atoms with van der Waals surface area (Å²) >= 11 is 0. The number of hydrogen-bond donors (Lipinski definition) is 0. The van der Waals surface area contributed by atoms with Gasteiger partial charge in [0.2, 0.25) is 0 Å². The number of nitrogens with zero attached hydrogens (tertiary/aromatic N) is 2. The van der Waals surface area contributed by atoms with Gasteiger partial charge in [0.1, 0.15) is 0 Å². The average molecular weight is 298 g/mol. The van der Waals surface area contributed by atoms with E-state index < -0.39 is 0 Å². The lowest BCUT2D eigenvalue weighted by molar-refractivity contribution is -0.137. The van der Waals surface area contributed by atoms with Crippen LogP contribution in [0.3, 0.4) is 0 Å². The topological polar surface area (TPSA) is 44.1 Å². The van der Waals surface area contributed by atoms with Crippen molar-refractivity contribution < 1.29 is 9.53 Å². The number of aromatic nitrogens is 2. The zero-order valence-corrected chi connectivity index (χ0v) is 13.1. The van der Waals surface area contributed by atoms with Crippen LogP contribution < -0.4 is 0 Å². The third-order valence-electron chi connectivity index (χ3n) is 3.47. The number of benzene rings is 1. The largest absolute Gasteiger partial charge is 0.463 e. The van der Waals surface area contributed by atoms with Crippen molar-refractivity contribution in [3.05, 3.63) is 60.2 Å². The number of carbonyl (C=O) groups excluding carboxylic acids is 1. The highest BCUT2D eigenvalue weighted by Gasteiger charge is 2.11. The molecule has 0 fully saturated rings. The molecule has 1 aromatic heterocycles. The Kier molecular flexibility index (Phi) is 5.95. The Labute approximate surface area is 131 Å². The predicted octanol–water partition coefficient (Wildman–Crippen LogP) is 3.85. The van der Waals surface area contributed by atoms with Crippen LogP contribution in [0.25, 0.3) is 6.08 Å². The molecule has 0 aliphatic rings. The molecule has 0 amide bonds. The zero-order chi connectivity index (χ0) is 15.8. The molecule has 0 saturated carbocycles. The SMILES string of the molecule is CCCC(c1ccc(/C=C/C(=O)OCC)cc1)n1ccnc1. The summed E-state index contributed by atoms with van der Waals surface area (Å²) in [7, 11) is 0. The standard InChI is InChI=1S/C18H22N2O2/c1-3-5-17(20-13-12-19-14-20)16-9-6-15(7-10-16)8-11-18(21)22-4-2/h6-14,17H,3-5H2,1-2H3/b11-8+. The molecule has 2 aromatic rings. The van der Waals surface area contributed by atoms with E-state index in [-0.39, 0.29) is 5.97 Å². The minimum atomic E-state index is -0.311. The van der Waals surface area contributed by atoms with Gasteiger partial charge in [0, 0.05) is 18.5 Å². The van der Waals surface area contributed by atoms with Crippen molar-refractivity contribution in [1.29, 1.82) is 0 Å². The molecule has 0 aliphatic carbocycles. The zero-order valence-electron chi connectivity index (χ0n) is 13.1. The van der Waals surface area contributed by atoms with E-state index in [9.17, 15) is 4.79 Å². The van der Waals surface area contributed by atoms with Crippen molar-refractivity contribution in [3.63, 3.8) is 0 Å². The summed E-state index contributed by atoms with van der Waals surface area (Å²) in [6.07, 6.45) is 11.1. The molecule has 0 aliphatic heterocycles. The molecule has 1 atom stereocenters. The maximum absolute atomic E-state index is 11.3. The van der Waals surface area contributed by atoms with Gasteiger partial charge in [-0.15, -0.1) is 0 Å². The quantitative estimate of drug-likeness (QED) is 0.576. The van der Waals surface area contributed by atoms with Crippen LogP contribution in [0.4, 0.5) is 0 Å². The smallest absolute Gasteiger partial charge is 0.330 e. The molecule has 0 saturated heterocycles. The number of imidazole rings is 1. The summed E-state index contributed by atoms with van der Waals surface area (Å²) < 4.78 is 7.00. The molecule has 116 valence electrons. The molecule has 0 N–H and O–H groups in total. The van der Waals surface area contributed by atoms with E-state index in [0.717, 1.165) is 18.4 Å². The average Bonchev–Trinajstić information content (AvgIpc) is 3.06. The van der Waals surface area contributed by atoms with Crippen LogP contribution in [0.15, 0.2) is 49.1 Å². The number of ether oxygens (including phenoxy) is 1. The second-order valence-electron chi connectivity index (χ2n) is 5.07. The fraction of sp³-hybridized carbons (Fsp3) is 0.333. The Morgan fingerprint density at radius 3 is 2.68 bits per heavy atom. The van der Waals surface area contributed by atoms with E-state index in [2.05, 4.69) is 28.6 Å². The fourth-order valence-electron chi connectivity index (χ4n) is 2.40. The Balaban J connectivity index is 2.11. The Bertz CT molecular complexity index is 601. The van der Waals surface area contributed by atoms with Gasteiger partial charge in [-0.3, -0.25) is 0 Å². The van der Waals surface area contributed by atoms with Crippen molar-refractivity contribution >= 4 is 12.0 Å². The van der Waals surface area contributed by atoms with Gasteiger partial charge in [-0.2, -0.15) is 0 Å². The summed E-state index contributed by atoms with van der Waals surface area (Å²) in [6.45, 7) is 4.37. The summed E-state index contributed by atoms with van der Waals surface area (Å²) in [4.78, 5) is 15.4. The molecule has 1 aromatic carbocycles. The highest BCUT2D eigenvalue weighted by atomic mass is 16.5. The Hall–Kier alpha value is -2.36. The molecule has 22 heavy (non-hydrogen) atoms. The van der Waals surface area contributed by atoms with Gasteiger partial charge in [0.05, 0.1) is 19.0 Å². The van der Waals surface area contributed by atoms with E-state index in [1.165, 1.54) is 11.6 Å². The molecular formula is C18H22N2O2. The predicted molar refractivity (Wildman–Crippen MR) is 87.4 cm³/mol.